The van der Waals surface area contributed by atoms with Crippen LogP contribution in [0.5, 0.6) is 5.75 Å². The highest BCUT2D eigenvalue weighted by Gasteiger charge is 2.16. The number of benzene rings is 1. The van der Waals surface area contributed by atoms with E-state index in [0.717, 1.165) is 0 Å². The monoisotopic (exact) mass is 346 g/mol. The van der Waals surface area contributed by atoms with Crippen LogP contribution in [0.15, 0.2) is 35.2 Å². The Bertz CT molecular complexity index is 885. The van der Waals surface area contributed by atoms with Crippen LogP contribution >= 0.6 is 15.9 Å². The molecule has 0 aliphatic rings. The predicted octanol–water partition coefficient (Wildman–Crippen LogP) is 3.20. The second-order valence-corrected chi connectivity index (χ2v) is 5.02. The van der Waals surface area contributed by atoms with Gasteiger partial charge in [-0.1, -0.05) is 0 Å². The quantitative estimate of drug-likeness (QED) is 0.668. The highest BCUT2D eigenvalue weighted by atomic mass is 79.9. The first kappa shape index (κ1) is 13.5. The van der Waals surface area contributed by atoms with E-state index in [0.29, 0.717) is 21.5 Å². The summed E-state index contributed by atoms with van der Waals surface area (Å²) in [5, 5.41) is 9.33. The maximum atomic E-state index is 13.7. The number of aromatic nitrogens is 3. The molecular formula is C14H8BrFN4O. The fourth-order valence-electron chi connectivity index (χ4n) is 2.08. The number of fused-ring (bicyclic) bond motifs is 1. The molecular weight excluding hydrogens is 339 g/mol. The van der Waals surface area contributed by atoms with Crippen molar-refractivity contribution < 1.29 is 9.13 Å². The summed E-state index contributed by atoms with van der Waals surface area (Å²) in [5.41, 5.74) is 1.72. The SMILES string of the molecule is COc1cc(F)cc(-n2cnc3ccc(Br)nc32)c1C#N. The van der Waals surface area contributed by atoms with Crippen LogP contribution in [-0.2, 0) is 0 Å². The van der Waals surface area contributed by atoms with Crippen LogP contribution in [0.2, 0.25) is 0 Å². The van der Waals surface area contributed by atoms with Crippen LogP contribution in [0.3, 0.4) is 0 Å². The van der Waals surface area contributed by atoms with E-state index in [2.05, 4.69) is 25.9 Å². The average molecular weight is 347 g/mol. The van der Waals surface area contributed by atoms with Gasteiger partial charge in [-0.2, -0.15) is 5.26 Å². The minimum atomic E-state index is -0.502. The van der Waals surface area contributed by atoms with Crippen molar-refractivity contribution in [3.05, 3.63) is 46.6 Å². The van der Waals surface area contributed by atoms with Crippen molar-refractivity contribution in [3.63, 3.8) is 0 Å². The summed E-state index contributed by atoms with van der Waals surface area (Å²) >= 11 is 3.29. The Kier molecular flexibility index (Phi) is 3.31. The molecule has 0 atom stereocenters. The maximum absolute atomic E-state index is 13.7. The van der Waals surface area contributed by atoms with Crippen LogP contribution < -0.4 is 4.74 Å². The molecule has 0 radical (unpaired) electrons. The van der Waals surface area contributed by atoms with Crippen molar-refractivity contribution >= 4 is 27.1 Å². The summed E-state index contributed by atoms with van der Waals surface area (Å²) in [6, 6.07) is 8.00. The standard InChI is InChI=1S/C14H8BrFN4O/c1-21-12-5-8(16)4-11(9(12)6-17)20-7-18-10-2-3-13(15)19-14(10)20/h2-5,7H,1H3. The lowest BCUT2D eigenvalue weighted by Gasteiger charge is -2.10. The van der Waals surface area contributed by atoms with Crippen LogP contribution in [0, 0.1) is 17.1 Å². The Balaban J connectivity index is 2.35. The average Bonchev–Trinajstić information content (AvgIpc) is 2.89. The van der Waals surface area contributed by atoms with Gasteiger partial charge in [0.15, 0.2) is 5.65 Å². The van der Waals surface area contributed by atoms with E-state index in [-0.39, 0.29) is 11.3 Å². The van der Waals surface area contributed by atoms with E-state index in [9.17, 15) is 9.65 Å². The molecule has 0 amide bonds. The van der Waals surface area contributed by atoms with Crippen molar-refractivity contribution in [2.24, 2.45) is 0 Å². The van der Waals surface area contributed by atoms with Gasteiger partial charge >= 0.3 is 0 Å². The number of nitriles is 1. The van der Waals surface area contributed by atoms with Gasteiger partial charge in [-0.3, -0.25) is 4.57 Å². The smallest absolute Gasteiger partial charge is 0.165 e. The van der Waals surface area contributed by atoms with Gasteiger partial charge in [0, 0.05) is 6.07 Å². The molecule has 2 heterocycles. The summed E-state index contributed by atoms with van der Waals surface area (Å²) in [6.07, 6.45) is 1.50. The van der Waals surface area contributed by atoms with E-state index in [1.54, 1.807) is 16.7 Å². The number of nitrogens with zero attached hydrogens (tertiary/aromatic N) is 4. The van der Waals surface area contributed by atoms with Crippen LogP contribution in [0.1, 0.15) is 5.56 Å². The number of ether oxygens (including phenoxy) is 1. The van der Waals surface area contributed by atoms with Crippen LogP contribution in [-0.4, -0.2) is 21.6 Å². The fraction of sp³-hybridized carbons (Fsp3) is 0.0714. The number of imidazole rings is 1. The number of hydrogen-bond acceptors (Lipinski definition) is 4. The first-order valence-corrected chi connectivity index (χ1v) is 6.71. The zero-order chi connectivity index (χ0) is 15.0. The zero-order valence-electron chi connectivity index (χ0n) is 10.8. The molecule has 0 bridgehead atoms. The second kappa shape index (κ2) is 5.14. The third-order valence-electron chi connectivity index (χ3n) is 3.00. The lowest BCUT2D eigenvalue weighted by molar-refractivity contribution is 0.409. The first-order chi connectivity index (χ1) is 10.1. The van der Waals surface area contributed by atoms with Crippen LogP contribution in [0.4, 0.5) is 4.39 Å². The first-order valence-electron chi connectivity index (χ1n) is 5.91. The van der Waals surface area contributed by atoms with Crippen molar-refractivity contribution in [1.29, 1.82) is 5.26 Å². The maximum Gasteiger partial charge on any atom is 0.165 e. The molecule has 0 spiro atoms. The van der Waals surface area contributed by atoms with Gasteiger partial charge in [0.2, 0.25) is 0 Å². The van der Waals surface area contributed by atoms with Crippen molar-refractivity contribution in [1.82, 2.24) is 14.5 Å². The van der Waals surface area contributed by atoms with E-state index in [1.807, 2.05) is 6.07 Å². The Labute approximate surface area is 127 Å². The van der Waals surface area contributed by atoms with Crippen LogP contribution in [0.25, 0.3) is 16.9 Å². The van der Waals surface area contributed by atoms with Gasteiger partial charge in [0.1, 0.15) is 39.6 Å². The molecule has 1 aromatic carbocycles. The van der Waals surface area contributed by atoms with Gasteiger partial charge in [0.25, 0.3) is 0 Å². The van der Waals surface area contributed by atoms with Gasteiger partial charge in [-0.15, -0.1) is 0 Å². The molecule has 7 heteroatoms. The molecule has 0 aliphatic carbocycles. The lowest BCUT2D eigenvalue weighted by atomic mass is 10.1. The highest BCUT2D eigenvalue weighted by Crippen LogP contribution is 2.28. The molecule has 21 heavy (non-hydrogen) atoms. The van der Waals surface area contributed by atoms with E-state index >= 15 is 0 Å². The molecule has 0 fully saturated rings. The van der Waals surface area contributed by atoms with Crippen molar-refractivity contribution in [2.75, 3.05) is 7.11 Å². The molecule has 5 nitrogen and oxygen atoms in total. The molecule has 2 aromatic heterocycles. The molecule has 3 aromatic rings. The summed E-state index contributed by atoms with van der Waals surface area (Å²) in [5.74, 6) is -0.331. The fourth-order valence-corrected chi connectivity index (χ4v) is 2.38. The normalized spacial score (nSPS) is 10.6. The van der Waals surface area contributed by atoms with Gasteiger partial charge in [-0.25, -0.2) is 14.4 Å². The Morgan fingerprint density at radius 3 is 2.90 bits per heavy atom. The number of halogens is 2. The topological polar surface area (TPSA) is 63.7 Å². The number of rotatable bonds is 2. The lowest BCUT2D eigenvalue weighted by Crippen LogP contribution is -2.01. The third-order valence-corrected chi connectivity index (χ3v) is 3.44. The summed E-state index contributed by atoms with van der Waals surface area (Å²) in [4.78, 5) is 8.52. The Hall–Kier alpha value is -2.46. The molecule has 104 valence electrons. The number of methoxy groups -OCH3 is 1. The molecule has 0 unspecified atom stereocenters. The Morgan fingerprint density at radius 2 is 2.19 bits per heavy atom. The number of pyridine rings is 1. The molecule has 3 rings (SSSR count). The highest BCUT2D eigenvalue weighted by molar-refractivity contribution is 9.10. The molecule has 0 N–H and O–H groups in total. The summed E-state index contributed by atoms with van der Waals surface area (Å²) < 4.78 is 21.0. The molecule has 0 saturated heterocycles. The second-order valence-electron chi connectivity index (χ2n) is 4.21. The summed E-state index contributed by atoms with van der Waals surface area (Å²) in [6.45, 7) is 0. The van der Waals surface area contributed by atoms with E-state index in [4.69, 9.17) is 4.74 Å². The number of hydrogen-bond donors (Lipinski definition) is 0. The van der Waals surface area contributed by atoms with Crippen molar-refractivity contribution in [3.8, 4) is 17.5 Å². The largest absolute Gasteiger partial charge is 0.495 e. The van der Waals surface area contributed by atoms with E-state index < -0.39 is 5.82 Å². The van der Waals surface area contributed by atoms with Gasteiger partial charge in [0.05, 0.1) is 12.8 Å². The zero-order valence-corrected chi connectivity index (χ0v) is 12.4. The summed E-state index contributed by atoms with van der Waals surface area (Å²) in [7, 11) is 1.39. The van der Waals surface area contributed by atoms with Crippen molar-refractivity contribution in [2.45, 2.75) is 0 Å². The van der Waals surface area contributed by atoms with Gasteiger partial charge in [-0.05, 0) is 34.1 Å². The van der Waals surface area contributed by atoms with Gasteiger partial charge < -0.3 is 4.74 Å². The molecule has 0 aliphatic heterocycles. The predicted molar refractivity (Wildman–Crippen MR) is 77.8 cm³/mol. The minimum Gasteiger partial charge on any atom is -0.495 e. The van der Waals surface area contributed by atoms with E-state index in [1.165, 1.54) is 25.6 Å². The molecule has 0 saturated carbocycles. The minimum absolute atomic E-state index is 0.171. The third kappa shape index (κ3) is 2.23. The Morgan fingerprint density at radius 1 is 1.38 bits per heavy atom.